The number of primary sulfonamides is 1. The van der Waals surface area contributed by atoms with Crippen LogP contribution in [0, 0.1) is 5.92 Å². The molecule has 98 valence electrons. The molecule has 0 aromatic heterocycles. The minimum Gasteiger partial charge on any atom is -0.349 e. The second kappa shape index (κ2) is 4.70. The van der Waals surface area contributed by atoms with Gasteiger partial charge in [-0.15, -0.1) is 0 Å². The highest BCUT2D eigenvalue weighted by Crippen LogP contribution is 2.26. The van der Waals surface area contributed by atoms with E-state index in [1.807, 2.05) is 0 Å². The Morgan fingerprint density at radius 2 is 2.06 bits per heavy atom. The van der Waals surface area contributed by atoms with Gasteiger partial charge < -0.3 is 5.32 Å². The second-order valence-electron chi connectivity index (χ2n) is 4.82. The van der Waals surface area contributed by atoms with Crippen molar-refractivity contribution in [3.8, 4) is 0 Å². The first-order valence-electron chi connectivity index (χ1n) is 5.80. The van der Waals surface area contributed by atoms with E-state index in [4.69, 9.17) is 5.14 Å². The van der Waals surface area contributed by atoms with Gasteiger partial charge >= 0.3 is 0 Å². The lowest BCUT2D eigenvalue weighted by Gasteiger charge is -2.33. The lowest BCUT2D eigenvalue weighted by Crippen LogP contribution is -2.43. The fourth-order valence-electron chi connectivity index (χ4n) is 2.10. The largest absolute Gasteiger partial charge is 0.349 e. The van der Waals surface area contributed by atoms with Crippen LogP contribution in [0.4, 0.5) is 0 Å². The molecule has 0 atom stereocenters. The van der Waals surface area contributed by atoms with E-state index < -0.39 is 10.0 Å². The Morgan fingerprint density at radius 1 is 1.39 bits per heavy atom. The Balaban J connectivity index is 2.11. The lowest BCUT2D eigenvalue weighted by atomic mass is 9.82. The smallest absolute Gasteiger partial charge is 0.251 e. The molecular formula is C12H16N2O3S. The molecular weight excluding hydrogens is 252 g/mol. The van der Waals surface area contributed by atoms with Crippen LogP contribution in [0.3, 0.4) is 0 Å². The maximum atomic E-state index is 11.9. The highest BCUT2D eigenvalue weighted by atomic mass is 32.2. The molecule has 2 rings (SSSR count). The van der Waals surface area contributed by atoms with Crippen molar-refractivity contribution in [2.75, 3.05) is 0 Å². The summed E-state index contributed by atoms with van der Waals surface area (Å²) in [5.74, 6) is 0.392. The number of sulfonamides is 1. The maximum Gasteiger partial charge on any atom is 0.251 e. The number of hydrogen-bond donors (Lipinski definition) is 2. The molecule has 0 spiro atoms. The number of nitrogens with one attached hydrogen (secondary N) is 1. The van der Waals surface area contributed by atoms with Gasteiger partial charge in [0.25, 0.3) is 5.91 Å². The normalized spacial score (nSPS) is 23.2. The minimum atomic E-state index is -3.77. The van der Waals surface area contributed by atoms with Gasteiger partial charge in [0.2, 0.25) is 10.0 Å². The summed E-state index contributed by atoms with van der Waals surface area (Å²) >= 11 is 0. The maximum absolute atomic E-state index is 11.9. The van der Waals surface area contributed by atoms with Gasteiger partial charge in [0.1, 0.15) is 0 Å². The number of amides is 1. The molecule has 1 aromatic rings. The molecule has 1 saturated carbocycles. The summed E-state index contributed by atoms with van der Waals surface area (Å²) in [6.07, 6.45) is 1.95. The highest BCUT2D eigenvalue weighted by Gasteiger charge is 2.27. The molecule has 0 bridgehead atoms. The molecule has 0 unspecified atom stereocenters. The third kappa shape index (κ3) is 2.88. The molecule has 0 radical (unpaired) electrons. The van der Waals surface area contributed by atoms with E-state index in [9.17, 15) is 13.2 Å². The number of nitrogens with two attached hydrogens (primary N) is 1. The average Bonchev–Trinajstić information content (AvgIpc) is 2.26. The van der Waals surface area contributed by atoms with E-state index in [1.165, 1.54) is 18.2 Å². The van der Waals surface area contributed by atoms with E-state index in [0.29, 0.717) is 11.5 Å². The fraction of sp³-hybridized carbons (Fsp3) is 0.417. The van der Waals surface area contributed by atoms with Crippen LogP contribution in [0.1, 0.15) is 30.1 Å². The first-order valence-corrected chi connectivity index (χ1v) is 7.34. The molecule has 1 aliphatic rings. The summed E-state index contributed by atoms with van der Waals surface area (Å²) in [5, 5.41) is 7.89. The first kappa shape index (κ1) is 13.0. The van der Waals surface area contributed by atoms with Gasteiger partial charge in [-0.2, -0.15) is 0 Å². The molecule has 0 saturated heterocycles. The van der Waals surface area contributed by atoms with Gasteiger partial charge in [-0.3, -0.25) is 4.79 Å². The van der Waals surface area contributed by atoms with Crippen LogP contribution in [-0.2, 0) is 10.0 Å². The lowest BCUT2D eigenvalue weighted by molar-refractivity contribution is 0.0896. The third-order valence-electron chi connectivity index (χ3n) is 3.13. The number of rotatable bonds is 3. The fourth-order valence-corrected chi connectivity index (χ4v) is 2.66. The van der Waals surface area contributed by atoms with E-state index in [1.54, 1.807) is 6.07 Å². The van der Waals surface area contributed by atoms with Crippen molar-refractivity contribution in [3.05, 3.63) is 29.8 Å². The van der Waals surface area contributed by atoms with E-state index in [0.717, 1.165) is 12.8 Å². The number of carbonyl (C=O) groups excluding carboxylic acids is 1. The molecule has 1 fully saturated rings. The monoisotopic (exact) mass is 268 g/mol. The number of benzene rings is 1. The van der Waals surface area contributed by atoms with Crippen molar-refractivity contribution < 1.29 is 13.2 Å². The molecule has 18 heavy (non-hydrogen) atoms. The molecule has 3 N–H and O–H groups in total. The van der Waals surface area contributed by atoms with Gasteiger partial charge in [0, 0.05) is 11.6 Å². The SMILES string of the molecule is CC1CC(NC(=O)c2cccc(S(N)(=O)=O)c2)C1. The number of hydrogen-bond acceptors (Lipinski definition) is 3. The topological polar surface area (TPSA) is 89.3 Å². The van der Waals surface area contributed by atoms with Crippen molar-refractivity contribution in [1.82, 2.24) is 5.32 Å². The predicted octanol–water partition coefficient (Wildman–Crippen LogP) is 0.862. The molecule has 5 nitrogen and oxygen atoms in total. The van der Waals surface area contributed by atoms with Crippen LogP contribution in [0.25, 0.3) is 0 Å². The molecule has 1 aromatic carbocycles. The van der Waals surface area contributed by atoms with E-state index in [2.05, 4.69) is 12.2 Å². The van der Waals surface area contributed by atoms with Crippen LogP contribution in [0.15, 0.2) is 29.2 Å². The summed E-state index contributed by atoms with van der Waals surface area (Å²) in [4.78, 5) is 11.8. The van der Waals surface area contributed by atoms with E-state index >= 15 is 0 Å². The van der Waals surface area contributed by atoms with Crippen molar-refractivity contribution >= 4 is 15.9 Å². The van der Waals surface area contributed by atoms with Crippen LogP contribution < -0.4 is 10.5 Å². The van der Waals surface area contributed by atoms with Crippen LogP contribution in [0.5, 0.6) is 0 Å². The summed E-state index contributed by atoms with van der Waals surface area (Å²) in [6, 6.07) is 5.96. The van der Waals surface area contributed by atoms with Crippen LogP contribution in [0.2, 0.25) is 0 Å². The molecule has 1 aliphatic carbocycles. The van der Waals surface area contributed by atoms with Gasteiger partial charge in [0.05, 0.1) is 4.90 Å². The molecule has 1 amide bonds. The number of carbonyl (C=O) groups is 1. The average molecular weight is 268 g/mol. The zero-order valence-corrected chi connectivity index (χ0v) is 10.9. The van der Waals surface area contributed by atoms with Gasteiger partial charge in [-0.25, -0.2) is 13.6 Å². The quantitative estimate of drug-likeness (QED) is 0.852. The Hall–Kier alpha value is -1.40. The Kier molecular flexibility index (Phi) is 3.41. The van der Waals surface area contributed by atoms with Crippen LogP contribution in [-0.4, -0.2) is 20.4 Å². The molecule has 6 heteroatoms. The van der Waals surface area contributed by atoms with Crippen molar-refractivity contribution in [1.29, 1.82) is 0 Å². The summed E-state index contributed by atoms with van der Waals surface area (Å²) in [7, 11) is -3.77. The summed E-state index contributed by atoms with van der Waals surface area (Å²) in [6.45, 7) is 2.13. The Morgan fingerprint density at radius 3 is 2.61 bits per heavy atom. The second-order valence-corrected chi connectivity index (χ2v) is 6.38. The van der Waals surface area contributed by atoms with Crippen molar-refractivity contribution in [3.63, 3.8) is 0 Å². The standard InChI is InChI=1S/C12H16N2O3S/c1-8-5-10(6-8)14-12(15)9-3-2-4-11(7-9)18(13,16)17/h2-4,7-8,10H,5-6H2,1H3,(H,14,15)(H2,13,16,17). The first-order chi connectivity index (χ1) is 8.36. The Bertz CT molecular complexity index is 562. The van der Waals surface area contributed by atoms with Crippen LogP contribution >= 0.6 is 0 Å². The zero-order chi connectivity index (χ0) is 13.3. The van der Waals surface area contributed by atoms with Crippen molar-refractivity contribution in [2.45, 2.75) is 30.7 Å². The zero-order valence-electron chi connectivity index (χ0n) is 10.1. The van der Waals surface area contributed by atoms with Crippen molar-refractivity contribution in [2.24, 2.45) is 11.1 Å². The third-order valence-corrected chi connectivity index (χ3v) is 4.04. The van der Waals surface area contributed by atoms with Gasteiger partial charge in [-0.05, 0) is 37.0 Å². The molecule has 0 aliphatic heterocycles. The summed E-state index contributed by atoms with van der Waals surface area (Å²) < 4.78 is 22.4. The Labute approximate surface area is 106 Å². The summed E-state index contributed by atoms with van der Waals surface area (Å²) in [5.41, 5.74) is 0.320. The highest BCUT2D eigenvalue weighted by molar-refractivity contribution is 7.89. The predicted molar refractivity (Wildman–Crippen MR) is 67.5 cm³/mol. The molecule has 0 heterocycles. The van der Waals surface area contributed by atoms with Gasteiger partial charge in [-0.1, -0.05) is 13.0 Å². The van der Waals surface area contributed by atoms with E-state index in [-0.39, 0.29) is 16.8 Å². The van der Waals surface area contributed by atoms with Gasteiger partial charge in [0.15, 0.2) is 0 Å². The minimum absolute atomic E-state index is 0.0443.